The van der Waals surface area contributed by atoms with Crippen molar-refractivity contribution in [3.63, 3.8) is 0 Å². The Hall–Kier alpha value is -2.43. The highest BCUT2D eigenvalue weighted by Gasteiger charge is 2.38. The van der Waals surface area contributed by atoms with Gasteiger partial charge >= 0.3 is 0 Å². The number of aromatic nitrogens is 1. The number of carbonyl (C=O) groups is 1. The van der Waals surface area contributed by atoms with Gasteiger partial charge in [-0.1, -0.05) is 12.5 Å². The number of carbonyl (C=O) groups excluding carboxylic acids is 1. The van der Waals surface area contributed by atoms with Crippen LogP contribution in [0.3, 0.4) is 0 Å². The molecule has 0 atom stereocenters. The van der Waals surface area contributed by atoms with Gasteiger partial charge in [0.05, 0.1) is 0 Å². The molecule has 1 amide bonds. The van der Waals surface area contributed by atoms with Gasteiger partial charge in [0, 0.05) is 42.2 Å². The van der Waals surface area contributed by atoms with Gasteiger partial charge in [-0.2, -0.15) is 0 Å². The Labute approximate surface area is 162 Å². The molecule has 1 aromatic heterocycles. The molecule has 0 saturated heterocycles. The minimum absolute atomic E-state index is 0.0743. The maximum atomic E-state index is 13.5. The molecule has 5 nitrogen and oxygen atoms in total. The molecule has 1 N–H and O–H groups in total. The average molecular weight is 367 g/mol. The van der Waals surface area contributed by atoms with Gasteiger partial charge in [-0.15, -0.1) is 0 Å². The van der Waals surface area contributed by atoms with E-state index in [1.807, 2.05) is 31.1 Å². The molecule has 3 rings (SSSR count). The predicted octanol–water partition coefficient (Wildman–Crippen LogP) is 3.77. The Morgan fingerprint density at radius 3 is 2.70 bits per heavy atom. The van der Waals surface area contributed by atoms with Crippen molar-refractivity contribution >= 4 is 12.6 Å². The number of nitrogens with zero attached hydrogens (tertiary/aromatic N) is 3. The molecular weight excluding hydrogens is 336 g/mol. The zero-order valence-electron chi connectivity index (χ0n) is 16.9. The first kappa shape index (κ1) is 19.3. The van der Waals surface area contributed by atoms with Crippen molar-refractivity contribution in [1.29, 1.82) is 0 Å². The highest BCUT2D eigenvalue weighted by atomic mass is 16.2. The van der Waals surface area contributed by atoms with E-state index in [1.165, 1.54) is 5.56 Å². The quantitative estimate of drug-likeness (QED) is 0.474. The van der Waals surface area contributed by atoms with E-state index in [0.29, 0.717) is 6.54 Å². The van der Waals surface area contributed by atoms with E-state index in [0.717, 1.165) is 60.3 Å². The molecule has 1 aliphatic carbocycles. The lowest BCUT2D eigenvalue weighted by Crippen LogP contribution is -2.38. The maximum Gasteiger partial charge on any atom is 0.254 e. The van der Waals surface area contributed by atoms with Crippen LogP contribution in [0, 0.1) is 0 Å². The maximum absolute atomic E-state index is 13.5. The third-order valence-electron chi connectivity index (χ3n) is 5.54. The van der Waals surface area contributed by atoms with Gasteiger partial charge in [-0.25, -0.2) is 4.99 Å². The second kappa shape index (κ2) is 7.67. The van der Waals surface area contributed by atoms with E-state index < -0.39 is 0 Å². The van der Waals surface area contributed by atoms with Crippen molar-refractivity contribution in [1.82, 2.24) is 15.2 Å². The highest BCUT2D eigenvalue weighted by Crippen LogP contribution is 2.37. The summed E-state index contributed by atoms with van der Waals surface area (Å²) < 4.78 is 0. The Morgan fingerprint density at radius 1 is 1.37 bits per heavy atom. The topological polar surface area (TPSA) is 57.6 Å². The summed E-state index contributed by atoms with van der Waals surface area (Å²) in [6, 6.07) is 2.05. The molecule has 2 heterocycles. The largest absolute Gasteiger partial charge is 0.365 e. The Morgan fingerprint density at radius 2 is 2.11 bits per heavy atom. The summed E-state index contributed by atoms with van der Waals surface area (Å²) in [6.07, 6.45) is 7.54. The van der Waals surface area contributed by atoms with E-state index in [-0.39, 0.29) is 11.4 Å². The van der Waals surface area contributed by atoms with E-state index >= 15 is 0 Å². The number of pyridine rings is 1. The van der Waals surface area contributed by atoms with Crippen LogP contribution < -0.4 is 5.32 Å². The fourth-order valence-electron chi connectivity index (χ4n) is 3.63. The lowest BCUT2D eigenvalue weighted by Gasteiger charge is -2.31. The number of aliphatic imine (C=N–C) groups is 1. The van der Waals surface area contributed by atoms with Crippen molar-refractivity contribution < 1.29 is 4.79 Å². The number of allylic oxidation sites excluding steroid dienone is 1. The van der Waals surface area contributed by atoms with Crippen LogP contribution in [0.25, 0.3) is 0 Å². The van der Waals surface area contributed by atoms with Gasteiger partial charge in [0.1, 0.15) is 5.82 Å². The molecule has 1 aromatic rings. The Kier molecular flexibility index (Phi) is 5.49. The van der Waals surface area contributed by atoms with Crippen molar-refractivity contribution in [2.75, 3.05) is 6.54 Å². The SMILES string of the molecule is C=N/C(NC1(C)CC1)=C(\CC)C(C(=O)N1CCc2ccncc2C1)=C(C)C. The lowest BCUT2D eigenvalue weighted by molar-refractivity contribution is -0.127. The summed E-state index contributed by atoms with van der Waals surface area (Å²) >= 11 is 0. The average Bonchev–Trinajstić information content (AvgIpc) is 3.40. The minimum Gasteiger partial charge on any atom is -0.365 e. The number of fused-ring (bicyclic) bond motifs is 1. The van der Waals surface area contributed by atoms with Crippen LogP contribution in [-0.4, -0.2) is 34.6 Å². The smallest absolute Gasteiger partial charge is 0.254 e. The molecule has 1 aliphatic heterocycles. The summed E-state index contributed by atoms with van der Waals surface area (Å²) in [7, 11) is 0. The standard InChI is InChI=1S/C22H30N4O/c1-6-18(20(23-5)25-22(4)9-10-22)19(15(2)3)21(27)26-12-8-16-7-11-24-13-17(16)14-26/h7,11,13,25H,5-6,8-10,12,14H2,1-4H3/b20-18-. The van der Waals surface area contributed by atoms with Gasteiger partial charge in [0.25, 0.3) is 5.91 Å². The van der Waals surface area contributed by atoms with Crippen LogP contribution in [-0.2, 0) is 17.8 Å². The summed E-state index contributed by atoms with van der Waals surface area (Å²) in [5.41, 5.74) is 5.25. The van der Waals surface area contributed by atoms with Gasteiger partial charge in [-0.3, -0.25) is 9.78 Å². The zero-order valence-corrected chi connectivity index (χ0v) is 16.9. The molecule has 5 heteroatoms. The zero-order chi connectivity index (χ0) is 19.6. The third kappa shape index (κ3) is 4.12. The van der Waals surface area contributed by atoms with Gasteiger partial charge in [0.2, 0.25) is 0 Å². The molecule has 0 spiro atoms. The number of hydrogen-bond donors (Lipinski definition) is 1. The molecule has 0 aromatic carbocycles. The van der Waals surface area contributed by atoms with E-state index in [9.17, 15) is 4.79 Å². The predicted molar refractivity (Wildman–Crippen MR) is 109 cm³/mol. The van der Waals surface area contributed by atoms with Crippen molar-refractivity contribution in [2.45, 2.75) is 65.5 Å². The molecule has 27 heavy (non-hydrogen) atoms. The Balaban J connectivity index is 1.92. The molecule has 1 fully saturated rings. The number of nitrogens with one attached hydrogen (secondary N) is 1. The molecular formula is C22H30N4O. The van der Waals surface area contributed by atoms with Gasteiger partial charge in [-0.05, 0) is 70.4 Å². The first-order valence-corrected chi connectivity index (χ1v) is 9.75. The van der Waals surface area contributed by atoms with Crippen molar-refractivity contribution in [3.05, 3.63) is 52.1 Å². The fraction of sp³-hybridized carbons (Fsp3) is 0.500. The fourth-order valence-corrected chi connectivity index (χ4v) is 3.63. The van der Waals surface area contributed by atoms with Crippen molar-refractivity contribution in [3.8, 4) is 0 Å². The third-order valence-corrected chi connectivity index (χ3v) is 5.54. The normalized spacial score (nSPS) is 18.1. The van der Waals surface area contributed by atoms with Crippen molar-refractivity contribution in [2.24, 2.45) is 4.99 Å². The van der Waals surface area contributed by atoms with Crippen LogP contribution in [0.15, 0.2) is 46.0 Å². The highest BCUT2D eigenvalue weighted by molar-refractivity contribution is 5.98. The number of amides is 1. The summed E-state index contributed by atoms with van der Waals surface area (Å²) in [5.74, 6) is 0.825. The van der Waals surface area contributed by atoms with E-state index in [4.69, 9.17) is 0 Å². The van der Waals surface area contributed by atoms with E-state index in [1.54, 1.807) is 0 Å². The second-order valence-electron chi connectivity index (χ2n) is 8.02. The first-order valence-electron chi connectivity index (χ1n) is 9.75. The van der Waals surface area contributed by atoms with Crippen LogP contribution in [0.1, 0.15) is 58.1 Å². The van der Waals surface area contributed by atoms with E-state index in [2.05, 4.69) is 41.9 Å². The molecule has 0 unspecified atom stereocenters. The van der Waals surface area contributed by atoms with Crippen LogP contribution in [0.2, 0.25) is 0 Å². The van der Waals surface area contributed by atoms with Gasteiger partial charge in [0.15, 0.2) is 0 Å². The lowest BCUT2D eigenvalue weighted by atomic mass is 9.95. The second-order valence-corrected chi connectivity index (χ2v) is 8.02. The molecule has 0 bridgehead atoms. The molecule has 2 aliphatic rings. The summed E-state index contributed by atoms with van der Waals surface area (Å²) in [5, 5.41) is 3.51. The minimum atomic E-state index is 0.0743. The first-order chi connectivity index (χ1) is 12.9. The summed E-state index contributed by atoms with van der Waals surface area (Å²) in [6.45, 7) is 13.4. The summed E-state index contributed by atoms with van der Waals surface area (Å²) in [4.78, 5) is 23.9. The number of rotatable bonds is 6. The number of hydrogen-bond acceptors (Lipinski definition) is 4. The van der Waals surface area contributed by atoms with Crippen LogP contribution in [0.5, 0.6) is 0 Å². The Bertz CT molecular complexity index is 813. The van der Waals surface area contributed by atoms with Gasteiger partial charge < -0.3 is 10.2 Å². The van der Waals surface area contributed by atoms with Crippen LogP contribution >= 0.6 is 0 Å². The molecule has 144 valence electrons. The monoisotopic (exact) mass is 366 g/mol. The van der Waals surface area contributed by atoms with Crippen LogP contribution in [0.4, 0.5) is 0 Å². The molecule has 1 saturated carbocycles. The molecule has 0 radical (unpaired) electrons.